The van der Waals surface area contributed by atoms with Crippen LogP contribution in [0.25, 0.3) is 0 Å². The van der Waals surface area contributed by atoms with Gasteiger partial charge in [0.15, 0.2) is 6.04 Å². The molecule has 1 aliphatic rings. The highest BCUT2D eigenvalue weighted by molar-refractivity contribution is 6.44. The summed E-state index contributed by atoms with van der Waals surface area (Å²) in [6, 6.07) is 2.79. The van der Waals surface area contributed by atoms with Gasteiger partial charge in [-0.15, -0.1) is 0 Å². The summed E-state index contributed by atoms with van der Waals surface area (Å²) in [4.78, 5) is 24.2. The molecule has 1 aliphatic carbocycles. The number of carbonyl (C=O) groups excluding carboxylic acids is 2. The highest BCUT2D eigenvalue weighted by Crippen LogP contribution is 2.44. The van der Waals surface area contributed by atoms with Crippen molar-refractivity contribution in [2.24, 2.45) is 0 Å². The van der Waals surface area contributed by atoms with Crippen molar-refractivity contribution in [3.05, 3.63) is 33.3 Å². The van der Waals surface area contributed by atoms with Crippen molar-refractivity contribution in [1.82, 2.24) is 0 Å². The summed E-state index contributed by atoms with van der Waals surface area (Å²) in [5.41, 5.74) is 4.29. The average molecular weight is 353 g/mol. The zero-order valence-corrected chi connectivity index (χ0v) is 14.0. The maximum atomic E-state index is 12.4. The van der Waals surface area contributed by atoms with Gasteiger partial charge in [-0.25, -0.2) is 0 Å². The van der Waals surface area contributed by atoms with Crippen LogP contribution in [-0.2, 0) is 14.9 Å². The number of fused-ring (bicyclic) bond motifs is 1. The largest absolute Gasteiger partial charge is 1.00 e. The predicted octanol–water partition coefficient (Wildman–Crippen LogP) is -0.985. The lowest BCUT2D eigenvalue weighted by Crippen LogP contribution is -3.00. The van der Waals surface area contributed by atoms with Crippen LogP contribution in [0.15, 0.2) is 12.1 Å². The molecule has 0 spiro atoms. The van der Waals surface area contributed by atoms with Crippen LogP contribution in [-0.4, -0.2) is 24.4 Å². The van der Waals surface area contributed by atoms with Crippen molar-refractivity contribution in [3.8, 4) is 0 Å². The van der Waals surface area contributed by atoms with E-state index in [1.807, 2.05) is 6.92 Å². The quantitative estimate of drug-likeness (QED) is 0.711. The van der Waals surface area contributed by atoms with Crippen molar-refractivity contribution in [2.45, 2.75) is 31.7 Å². The Morgan fingerprint density at radius 3 is 2.62 bits per heavy atom. The number of hydrogen-bond donors (Lipinski definition) is 1. The van der Waals surface area contributed by atoms with Gasteiger partial charge >= 0.3 is 5.97 Å². The third kappa shape index (κ3) is 2.90. The minimum atomic E-state index is -0.715. The molecule has 0 saturated heterocycles. The van der Waals surface area contributed by atoms with E-state index in [0.717, 1.165) is 0 Å². The van der Waals surface area contributed by atoms with E-state index in [1.165, 1.54) is 0 Å². The van der Waals surface area contributed by atoms with Crippen LogP contribution < -0.4 is 18.1 Å². The van der Waals surface area contributed by atoms with Gasteiger partial charge in [0, 0.05) is 5.56 Å². The van der Waals surface area contributed by atoms with Crippen LogP contribution in [0, 0.1) is 0 Å². The summed E-state index contributed by atoms with van der Waals surface area (Å²) >= 11 is 12.1. The Hall–Kier alpha value is -0.810. The van der Waals surface area contributed by atoms with Crippen LogP contribution in [0.1, 0.15) is 36.2 Å². The molecule has 3 N–H and O–H groups in total. The molecule has 0 saturated carbocycles. The van der Waals surface area contributed by atoms with Gasteiger partial charge in [-0.05, 0) is 25.5 Å². The number of halogens is 3. The minimum Gasteiger partial charge on any atom is -1.00 e. The van der Waals surface area contributed by atoms with E-state index < -0.39 is 11.5 Å². The predicted molar refractivity (Wildman–Crippen MR) is 76.1 cm³/mol. The summed E-state index contributed by atoms with van der Waals surface area (Å²) in [7, 11) is 0. The normalized spacial score (nSPS) is 23.5. The van der Waals surface area contributed by atoms with E-state index in [1.54, 1.807) is 19.1 Å². The lowest BCUT2D eigenvalue weighted by atomic mass is 9.78. The van der Waals surface area contributed by atoms with E-state index in [2.05, 4.69) is 5.73 Å². The molecule has 2 rings (SSSR count). The maximum absolute atomic E-state index is 12.4. The molecule has 0 bridgehead atoms. The zero-order chi connectivity index (χ0) is 15.1. The molecule has 1 aromatic carbocycles. The lowest BCUT2D eigenvalue weighted by Gasteiger charge is -2.25. The van der Waals surface area contributed by atoms with Crippen molar-refractivity contribution >= 4 is 35.0 Å². The van der Waals surface area contributed by atoms with Gasteiger partial charge in [0.25, 0.3) is 0 Å². The fourth-order valence-corrected chi connectivity index (χ4v) is 3.06. The molecule has 0 fully saturated rings. The SMILES string of the molecule is CCOC(=O)CC1(C)c2ccc(Cl)c(Cl)c2C(=O)C1[NH3+].[Cl-]. The van der Waals surface area contributed by atoms with Crippen LogP contribution in [0.5, 0.6) is 0 Å². The van der Waals surface area contributed by atoms with Gasteiger partial charge < -0.3 is 22.9 Å². The molecule has 7 heteroatoms. The average Bonchev–Trinajstić information content (AvgIpc) is 2.56. The fraction of sp³-hybridized carbons (Fsp3) is 0.429. The van der Waals surface area contributed by atoms with Crippen molar-refractivity contribution in [3.63, 3.8) is 0 Å². The summed E-state index contributed by atoms with van der Waals surface area (Å²) in [6.07, 6.45) is 0.0890. The topological polar surface area (TPSA) is 71.0 Å². The molecule has 1 aromatic rings. The van der Waals surface area contributed by atoms with E-state index in [0.29, 0.717) is 22.8 Å². The number of esters is 1. The number of hydrogen-bond acceptors (Lipinski definition) is 3. The van der Waals surface area contributed by atoms with Gasteiger partial charge in [0.1, 0.15) is 0 Å². The molecule has 21 heavy (non-hydrogen) atoms. The van der Waals surface area contributed by atoms with Crippen LogP contribution >= 0.6 is 23.2 Å². The van der Waals surface area contributed by atoms with Crippen molar-refractivity contribution < 1.29 is 32.5 Å². The number of rotatable bonds is 3. The first-order valence-corrected chi connectivity index (χ1v) is 7.10. The first-order chi connectivity index (χ1) is 9.32. The molecular weight excluding hydrogens is 337 g/mol. The Bertz CT molecular complexity index is 591. The first kappa shape index (κ1) is 18.2. The number of ketones is 1. The molecule has 0 aliphatic heterocycles. The van der Waals surface area contributed by atoms with Gasteiger partial charge in [0.05, 0.1) is 28.5 Å². The van der Waals surface area contributed by atoms with Gasteiger partial charge in [-0.2, -0.15) is 0 Å². The van der Waals surface area contributed by atoms with Crippen LogP contribution in [0.4, 0.5) is 0 Å². The van der Waals surface area contributed by atoms with Crippen molar-refractivity contribution in [2.75, 3.05) is 6.61 Å². The molecule has 4 nitrogen and oxygen atoms in total. The third-order valence-electron chi connectivity index (χ3n) is 3.86. The Morgan fingerprint density at radius 2 is 2.05 bits per heavy atom. The van der Waals surface area contributed by atoms with Crippen molar-refractivity contribution in [1.29, 1.82) is 0 Å². The van der Waals surface area contributed by atoms with Gasteiger partial charge in [-0.3, -0.25) is 9.59 Å². The monoisotopic (exact) mass is 351 g/mol. The second-order valence-electron chi connectivity index (χ2n) is 5.10. The highest BCUT2D eigenvalue weighted by atomic mass is 35.5. The molecule has 0 heterocycles. The molecule has 0 aromatic heterocycles. The van der Waals surface area contributed by atoms with Crippen LogP contribution in [0.3, 0.4) is 0 Å². The molecular formula is C14H16Cl3NO3. The summed E-state index contributed by atoms with van der Waals surface area (Å²) in [5, 5.41) is 0.557. The number of ether oxygens (including phenoxy) is 1. The Kier molecular flexibility index (Phi) is 5.67. The summed E-state index contributed by atoms with van der Waals surface area (Å²) in [6.45, 7) is 3.88. The number of quaternary nitrogens is 1. The third-order valence-corrected chi connectivity index (χ3v) is 4.66. The van der Waals surface area contributed by atoms with E-state index >= 15 is 0 Å². The first-order valence-electron chi connectivity index (χ1n) is 6.34. The Labute approximate surface area is 139 Å². The smallest absolute Gasteiger partial charge is 0.306 e. The Morgan fingerprint density at radius 1 is 1.43 bits per heavy atom. The number of carbonyl (C=O) groups is 2. The van der Waals surface area contributed by atoms with E-state index in [9.17, 15) is 9.59 Å². The lowest BCUT2D eigenvalue weighted by molar-refractivity contribution is -0.412. The standard InChI is InChI=1S/C14H15Cl2NO3.ClH/c1-3-20-9(18)6-14(2)7-4-5-8(15)11(16)10(7)12(19)13(14)17;/h4-5,13H,3,6,17H2,1-2H3;1H. The minimum absolute atomic E-state index is 0. The number of Topliss-reactive ketones (excluding diaryl/α,β-unsaturated/α-hetero) is 1. The van der Waals surface area contributed by atoms with Gasteiger partial charge in [0.2, 0.25) is 5.78 Å². The molecule has 0 radical (unpaired) electrons. The van der Waals surface area contributed by atoms with Gasteiger partial charge in [-0.1, -0.05) is 29.3 Å². The summed E-state index contributed by atoms with van der Waals surface area (Å²) < 4.78 is 4.98. The second-order valence-corrected chi connectivity index (χ2v) is 5.89. The molecule has 2 atom stereocenters. The molecule has 116 valence electrons. The second kappa shape index (κ2) is 6.53. The van der Waals surface area contributed by atoms with E-state index in [-0.39, 0.29) is 35.6 Å². The molecule has 0 amide bonds. The highest BCUT2D eigenvalue weighted by Gasteiger charge is 2.52. The van der Waals surface area contributed by atoms with E-state index in [4.69, 9.17) is 27.9 Å². The Balaban J connectivity index is 0.00000220. The van der Waals surface area contributed by atoms with Crippen LogP contribution in [0.2, 0.25) is 10.0 Å². The zero-order valence-electron chi connectivity index (χ0n) is 11.7. The number of benzene rings is 1. The maximum Gasteiger partial charge on any atom is 0.306 e. The fourth-order valence-electron chi connectivity index (χ4n) is 2.65. The summed E-state index contributed by atoms with van der Waals surface area (Å²) in [5.74, 6) is -0.533. The molecule has 2 unspecified atom stereocenters.